The number of phenols is 2. The Bertz CT molecular complexity index is 1790. The molecule has 0 saturated heterocycles. The number of ether oxygens (including phenoxy) is 2. The zero-order chi connectivity index (χ0) is 29.7. The topological polar surface area (TPSA) is 76.0 Å². The largest absolute Gasteiger partial charge is 0.507 e. The van der Waals surface area contributed by atoms with Crippen molar-refractivity contribution < 1.29 is 50.8 Å². The molecule has 2 N–H and O–H groups in total. The molecule has 5 aromatic rings. The fourth-order valence-corrected chi connectivity index (χ4v) is 4.58. The van der Waals surface area contributed by atoms with Crippen LogP contribution in [0.25, 0.3) is 32.7 Å². The first-order valence-corrected chi connectivity index (χ1v) is 11.8. The van der Waals surface area contributed by atoms with E-state index in [9.17, 15) is 41.4 Å². The highest BCUT2D eigenvalue weighted by Crippen LogP contribution is 2.47. The van der Waals surface area contributed by atoms with Gasteiger partial charge < -0.3 is 19.7 Å². The molecule has 0 amide bonds. The fourth-order valence-electron chi connectivity index (χ4n) is 4.58. The summed E-state index contributed by atoms with van der Waals surface area (Å²) < 4.78 is 90.1. The first-order chi connectivity index (χ1) is 19.3. The van der Waals surface area contributed by atoms with E-state index in [0.29, 0.717) is 27.3 Å². The normalized spacial score (nSPS) is 12.1. The molecule has 0 bridgehead atoms. The van der Waals surface area contributed by atoms with Gasteiger partial charge in [0.1, 0.15) is 28.6 Å². The van der Waals surface area contributed by atoms with E-state index in [4.69, 9.17) is 9.47 Å². The lowest BCUT2D eigenvalue weighted by Gasteiger charge is -2.17. The number of esters is 1. The van der Waals surface area contributed by atoms with E-state index < -0.39 is 46.5 Å². The maximum absolute atomic E-state index is 13.3. The van der Waals surface area contributed by atoms with Crippen molar-refractivity contribution in [1.29, 1.82) is 0 Å². The molecule has 0 aliphatic rings. The molecule has 5 aromatic carbocycles. The van der Waals surface area contributed by atoms with Gasteiger partial charge in [-0.15, -0.1) is 0 Å². The Morgan fingerprint density at radius 1 is 0.683 bits per heavy atom. The monoisotopic (exact) mass is 572 g/mol. The van der Waals surface area contributed by atoms with Crippen molar-refractivity contribution in [2.45, 2.75) is 12.4 Å². The summed E-state index contributed by atoms with van der Waals surface area (Å²) in [4.78, 5) is 13.2. The van der Waals surface area contributed by atoms with Gasteiger partial charge in [0.2, 0.25) is 0 Å². The van der Waals surface area contributed by atoms with Crippen LogP contribution in [-0.4, -0.2) is 23.3 Å². The highest BCUT2D eigenvalue weighted by atomic mass is 19.4. The number of aromatic hydroxyl groups is 2. The summed E-state index contributed by atoms with van der Waals surface area (Å²) in [7, 11) is 1.47. The molecule has 0 heterocycles. The molecule has 5 rings (SSSR count). The van der Waals surface area contributed by atoms with Crippen LogP contribution < -0.4 is 9.47 Å². The number of benzene rings is 5. The molecule has 41 heavy (non-hydrogen) atoms. The number of alkyl halides is 6. The predicted molar refractivity (Wildman–Crippen MR) is 138 cm³/mol. The van der Waals surface area contributed by atoms with Gasteiger partial charge in [0, 0.05) is 11.1 Å². The minimum absolute atomic E-state index is 0.00309. The number of phenolic OH excluding ortho intramolecular Hbond substituents is 2. The van der Waals surface area contributed by atoms with E-state index in [1.807, 2.05) is 0 Å². The minimum atomic E-state index is -5.16. The second-order valence-corrected chi connectivity index (χ2v) is 9.05. The molecular weight excluding hydrogens is 554 g/mol. The van der Waals surface area contributed by atoms with Crippen LogP contribution in [0.2, 0.25) is 0 Å². The number of hydrogen-bond acceptors (Lipinski definition) is 5. The van der Waals surface area contributed by atoms with Crippen molar-refractivity contribution >= 4 is 27.5 Å². The lowest BCUT2D eigenvalue weighted by Crippen LogP contribution is -2.14. The van der Waals surface area contributed by atoms with Crippen molar-refractivity contribution in [2.24, 2.45) is 0 Å². The molecule has 0 aliphatic carbocycles. The second-order valence-electron chi connectivity index (χ2n) is 9.05. The SMILES string of the molecule is COc1ccc2c(-c3c(O)c(C(=O)Oc4cc(C(F)(F)F)cc(C(F)(F)F)c4)cc4ccccc34)c(O)ccc2c1. The van der Waals surface area contributed by atoms with Crippen LogP contribution in [0, 0.1) is 0 Å². The molecule has 0 saturated carbocycles. The lowest BCUT2D eigenvalue weighted by atomic mass is 9.90. The first kappa shape index (κ1) is 27.6. The Balaban J connectivity index is 1.70. The second kappa shape index (κ2) is 9.92. The number of carbonyl (C=O) groups is 1. The first-order valence-electron chi connectivity index (χ1n) is 11.8. The quantitative estimate of drug-likeness (QED) is 0.129. The standard InChI is InChI=1S/C30H18F6O5/c1-40-19-7-8-22-16(10-19)6-9-24(37)25(22)26-21-5-3-2-4-15(21)11-23(27(26)38)28(39)41-20-13-17(29(31,32)33)12-18(14-20)30(34,35)36/h2-14,37-38H,1H3. The maximum atomic E-state index is 13.3. The van der Waals surface area contributed by atoms with Crippen LogP contribution >= 0.6 is 0 Å². The van der Waals surface area contributed by atoms with Crippen LogP contribution in [0.5, 0.6) is 23.0 Å². The fraction of sp³-hybridized carbons (Fsp3) is 0.100. The Morgan fingerprint density at radius 3 is 1.93 bits per heavy atom. The van der Waals surface area contributed by atoms with Crippen molar-refractivity contribution in [3.63, 3.8) is 0 Å². The molecule has 0 radical (unpaired) electrons. The molecular formula is C30H18F6O5. The zero-order valence-electron chi connectivity index (χ0n) is 20.9. The number of methoxy groups -OCH3 is 1. The lowest BCUT2D eigenvalue weighted by molar-refractivity contribution is -0.143. The van der Waals surface area contributed by atoms with E-state index in [0.717, 1.165) is 0 Å². The van der Waals surface area contributed by atoms with E-state index in [-0.39, 0.29) is 35.1 Å². The molecule has 0 aromatic heterocycles. The molecule has 11 heteroatoms. The molecule has 0 spiro atoms. The summed E-state index contributed by atoms with van der Waals surface area (Å²) in [6.45, 7) is 0. The summed E-state index contributed by atoms with van der Waals surface area (Å²) in [5.74, 6) is -2.88. The third kappa shape index (κ3) is 5.18. The maximum Gasteiger partial charge on any atom is 0.416 e. The van der Waals surface area contributed by atoms with Crippen molar-refractivity contribution in [2.75, 3.05) is 7.11 Å². The van der Waals surface area contributed by atoms with Gasteiger partial charge in [-0.05, 0) is 70.1 Å². The Kier molecular flexibility index (Phi) is 6.68. The Morgan fingerprint density at radius 2 is 1.29 bits per heavy atom. The van der Waals surface area contributed by atoms with E-state index in [1.54, 1.807) is 48.5 Å². The van der Waals surface area contributed by atoms with Gasteiger partial charge in [-0.1, -0.05) is 30.3 Å². The molecule has 5 nitrogen and oxygen atoms in total. The number of carbonyl (C=O) groups excluding carboxylic acids is 1. The minimum Gasteiger partial charge on any atom is -0.507 e. The highest BCUT2D eigenvalue weighted by Gasteiger charge is 2.37. The van der Waals surface area contributed by atoms with Crippen LogP contribution in [0.15, 0.2) is 78.9 Å². The summed E-state index contributed by atoms with van der Waals surface area (Å²) in [5.41, 5.74) is -3.76. The van der Waals surface area contributed by atoms with Crippen LogP contribution in [0.1, 0.15) is 21.5 Å². The third-order valence-electron chi connectivity index (χ3n) is 6.47. The van der Waals surface area contributed by atoms with Crippen LogP contribution in [0.3, 0.4) is 0 Å². The zero-order valence-corrected chi connectivity index (χ0v) is 20.9. The smallest absolute Gasteiger partial charge is 0.416 e. The third-order valence-corrected chi connectivity index (χ3v) is 6.47. The molecule has 210 valence electrons. The number of fused-ring (bicyclic) bond motifs is 2. The van der Waals surface area contributed by atoms with Gasteiger partial charge in [0.15, 0.2) is 0 Å². The van der Waals surface area contributed by atoms with Crippen molar-refractivity contribution in [3.05, 3.63) is 95.6 Å². The Hall–Kier alpha value is -4.93. The summed E-state index contributed by atoms with van der Waals surface area (Å²) in [6.07, 6.45) is -10.3. The molecule has 0 fully saturated rings. The van der Waals surface area contributed by atoms with Crippen molar-refractivity contribution in [3.8, 4) is 34.1 Å². The number of halogens is 6. The summed E-state index contributed by atoms with van der Waals surface area (Å²) in [6, 6.07) is 16.0. The number of hydrogen-bond donors (Lipinski definition) is 2. The van der Waals surface area contributed by atoms with E-state index in [1.165, 1.54) is 19.2 Å². The summed E-state index contributed by atoms with van der Waals surface area (Å²) in [5, 5.41) is 24.1. The van der Waals surface area contributed by atoms with Crippen molar-refractivity contribution in [1.82, 2.24) is 0 Å². The van der Waals surface area contributed by atoms with Crippen LogP contribution in [-0.2, 0) is 12.4 Å². The average Bonchev–Trinajstić information content (AvgIpc) is 2.92. The Labute approximate surface area is 227 Å². The van der Waals surface area contributed by atoms with Gasteiger partial charge in [-0.3, -0.25) is 0 Å². The van der Waals surface area contributed by atoms with Gasteiger partial charge in [0.05, 0.1) is 18.2 Å². The van der Waals surface area contributed by atoms with Gasteiger partial charge >= 0.3 is 18.3 Å². The molecule has 0 atom stereocenters. The van der Waals surface area contributed by atoms with Gasteiger partial charge in [0.25, 0.3) is 0 Å². The average molecular weight is 572 g/mol. The van der Waals surface area contributed by atoms with Gasteiger partial charge in [-0.2, -0.15) is 26.3 Å². The molecule has 0 unspecified atom stereocenters. The van der Waals surface area contributed by atoms with E-state index in [2.05, 4.69) is 0 Å². The predicted octanol–water partition coefficient (Wildman–Crippen LogP) is 8.34. The number of rotatable bonds is 4. The highest BCUT2D eigenvalue weighted by molar-refractivity contribution is 6.13. The van der Waals surface area contributed by atoms with Crippen LogP contribution in [0.4, 0.5) is 26.3 Å². The summed E-state index contributed by atoms with van der Waals surface area (Å²) >= 11 is 0. The van der Waals surface area contributed by atoms with Gasteiger partial charge in [-0.25, -0.2) is 4.79 Å². The molecule has 0 aliphatic heterocycles. The van der Waals surface area contributed by atoms with E-state index >= 15 is 0 Å².